The van der Waals surface area contributed by atoms with E-state index < -0.39 is 0 Å². The van der Waals surface area contributed by atoms with Gasteiger partial charge in [0.2, 0.25) is 0 Å². The van der Waals surface area contributed by atoms with Gasteiger partial charge in [-0.3, -0.25) is 0 Å². The van der Waals surface area contributed by atoms with Crippen LogP contribution in [0.5, 0.6) is 0 Å². The van der Waals surface area contributed by atoms with Gasteiger partial charge in [-0.15, -0.1) is 0 Å². The van der Waals surface area contributed by atoms with E-state index in [9.17, 15) is 9.18 Å². The molecule has 0 saturated carbocycles. The molecule has 0 aliphatic heterocycles. The normalized spacial score (nSPS) is 12.7. The number of halogens is 2. The first-order valence-electron chi connectivity index (χ1n) is 6.44. The fraction of sp³-hybridized carbons (Fsp3) is 0.133. The Kier molecular flexibility index (Phi) is 3.65. The van der Waals surface area contributed by atoms with E-state index in [1.165, 1.54) is 12.1 Å². The van der Waals surface area contributed by atoms with E-state index in [-0.39, 0.29) is 17.5 Å². The molecule has 3 aromatic rings. The maximum Gasteiger partial charge on any atom is 0.323 e. The van der Waals surface area contributed by atoms with Gasteiger partial charge in [0.15, 0.2) is 0 Å². The maximum absolute atomic E-state index is 13.2. The van der Waals surface area contributed by atoms with Gasteiger partial charge < -0.3 is 15.7 Å². The van der Waals surface area contributed by atoms with Crippen molar-refractivity contribution in [3.8, 4) is 0 Å². The molecule has 1 unspecified atom stereocenters. The summed E-state index contributed by atoms with van der Waals surface area (Å²) in [4.78, 5) is 16.7. The third-order valence-corrected chi connectivity index (χ3v) is 4.06. The van der Waals surface area contributed by atoms with Crippen molar-refractivity contribution < 1.29 is 4.39 Å². The molecule has 4 N–H and O–H groups in total. The molecule has 4 nitrogen and oxygen atoms in total. The number of imidazole rings is 1. The monoisotopic (exact) mass is 349 g/mol. The van der Waals surface area contributed by atoms with Crippen LogP contribution in [-0.2, 0) is 6.42 Å². The topological polar surface area (TPSA) is 74.7 Å². The second-order valence-electron chi connectivity index (χ2n) is 4.94. The molecule has 108 valence electrons. The lowest BCUT2D eigenvalue weighted by Gasteiger charge is -2.14. The summed E-state index contributed by atoms with van der Waals surface area (Å²) in [6, 6.07) is 9.73. The Labute approximate surface area is 128 Å². The van der Waals surface area contributed by atoms with Crippen LogP contribution in [0.1, 0.15) is 17.2 Å². The summed E-state index contributed by atoms with van der Waals surface area (Å²) in [5, 5.41) is 0. The van der Waals surface area contributed by atoms with Gasteiger partial charge in [0.05, 0.1) is 11.0 Å². The minimum atomic E-state index is -0.302. The Balaban J connectivity index is 1.95. The van der Waals surface area contributed by atoms with E-state index in [2.05, 4.69) is 25.9 Å². The predicted octanol–water partition coefficient (Wildman–Crippen LogP) is 3.00. The molecule has 0 radical (unpaired) electrons. The van der Waals surface area contributed by atoms with Crippen LogP contribution < -0.4 is 11.4 Å². The number of nitrogens with two attached hydrogens (primary N) is 1. The molecule has 0 saturated heterocycles. The molecular weight excluding hydrogens is 337 g/mol. The lowest BCUT2D eigenvalue weighted by atomic mass is 9.99. The van der Waals surface area contributed by atoms with E-state index in [0.29, 0.717) is 17.5 Å². The van der Waals surface area contributed by atoms with Crippen LogP contribution in [0.2, 0.25) is 0 Å². The van der Waals surface area contributed by atoms with Gasteiger partial charge in [0.1, 0.15) is 5.82 Å². The third-order valence-electron chi connectivity index (χ3n) is 3.38. The molecule has 1 aromatic heterocycles. The number of nitrogens with one attached hydrogen (secondary N) is 2. The number of benzene rings is 2. The largest absolute Gasteiger partial charge is 0.324 e. The Hall–Kier alpha value is -1.92. The molecule has 1 atom stereocenters. The molecule has 0 aliphatic rings. The summed E-state index contributed by atoms with van der Waals surface area (Å²) in [5.41, 5.74) is 9.08. The van der Waals surface area contributed by atoms with E-state index in [1.807, 2.05) is 18.2 Å². The van der Waals surface area contributed by atoms with Crippen LogP contribution in [0.15, 0.2) is 45.7 Å². The molecule has 0 amide bonds. The van der Waals surface area contributed by atoms with Crippen LogP contribution in [0.25, 0.3) is 11.0 Å². The summed E-state index contributed by atoms with van der Waals surface area (Å²) in [7, 11) is 0. The SMILES string of the molecule is NC(Cc1cccc(F)c1)c1cc2[nH]c(=O)[nH]c2cc1Br. The highest BCUT2D eigenvalue weighted by Crippen LogP contribution is 2.28. The molecule has 1 heterocycles. The van der Waals surface area contributed by atoms with Crippen LogP contribution in [-0.4, -0.2) is 9.97 Å². The molecule has 3 rings (SSSR count). The van der Waals surface area contributed by atoms with Gasteiger partial charge in [-0.25, -0.2) is 9.18 Å². The number of hydrogen-bond acceptors (Lipinski definition) is 2. The Morgan fingerprint density at radius 3 is 2.62 bits per heavy atom. The highest BCUT2D eigenvalue weighted by atomic mass is 79.9. The third kappa shape index (κ3) is 2.91. The van der Waals surface area contributed by atoms with Crippen LogP contribution in [0.4, 0.5) is 4.39 Å². The van der Waals surface area contributed by atoms with E-state index in [4.69, 9.17) is 5.73 Å². The molecule has 0 bridgehead atoms. The Morgan fingerprint density at radius 1 is 1.19 bits per heavy atom. The average molecular weight is 350 g/mol. The minimum Gasteiger partial charge on any atom is -0.324 e. The van der Waals surface area contributed by atoms with Crippen molar-refractivity contribution in [2.75, 3.05) is 0 Å². The average Bonchev–Trinajstić information content (AvgIpc) is 2.76. The number of hydrogen-bond donors (Lipinski definition) is 3. The Morgan fingerprint density at radius 2 is 1.90 bits per heavy atom. The summed E-state index contributed by atoms with van der Waals surface area (Å²) < 4.78 is 14.0. The highest BCUT2D eigenvalue weighted by molar-refractivity contribution is 9.10. The summed E-state index contributed by atoms with van der Waals surface area (Å²) >= 11 is 3.47. The molecule has 0 aliphatic carbocycles. The van der Waals surface area contributed by atoms with Gasteiger partial charge in [0.25, 0.3) is 0 Å². The summed E-state index contributed by atoms with van der Waals surface area (Å²) in [6.45, 7) is 0. The number of H-pyrrole nitrogens is 2. The van der Waals surface area contributed by atoms with Crippen LogP contribution >= 0.6 is 15.9 Å². The molecule has 6 heteroatoms. The molecular formula is C15H13BrFN3O. The van der Waals surface area contributed by atoms with Gasteiger partial charge in [-0.1, -0.05) is 28.1 Å². The van der Waals surface area contributed by atoms with Crippen LogP contribution in [0, 0.1) is 5.82 Å². The quantitative estimate of drug-likeness (QED) is 0.679. The van der Waals surface area contributed by atoms with Gasteiger partial charge in [-0.2, -0.15) is 0 Å². The fourth-order valence-electron chi connectivity index (χ4n) is 2.38. The smallest absolute Gasteiger partial charge is 0.323 e. The zero-order valence-corrected chi connectivity index (χ0v) is 12.6. The standard InChI is InChI=1S/C15H13BrFN3O/c16-11-7-14-13(19-15(21)20-14)6-10(11)12(18)5-8-2-1-3-9(17)4-8/h1-4,6-7,12H,5,18H2,(H2,19,20,21). The minimum absolute atomic E-state index is 0.257. The zero-order chi connectivity index (χ0) is 15.0. The van der Waals surface area contributed by atoms with Crippen LogP contribution in [0.3, 0.4) is 0 Å². The first-order valence-corrected chi connectivity index (χ1v) is 7.23. The van der Waals surface area contributed by atoms with Crippen molar-refractivity contribution in [1.29, 1.82) is 0 Å². The van der Waals surface area contributed by atoms with E-state index in [1.54, 1.807) is 6.07 Å². The first-order chi connectivity index (χ1) is 10.0. The van der Waals surface area contributed by atoms with Gasteiger partial charge >= 0.3 is 5.69 Å². The van der Waals surface area contributed by atoms with Gasteiger partial charge in [0, 0.05) is 10.5 Å². The summed E-state index contributed by atoms with van der Waals surface area (Å²) in [6.07, 6.45) is 0.510. The van der Waals surface area contributed by atoms with Crippen molar-refractivity contribution in [1.82, 2.24) is 9.97 Å². The molecule has 2 aromatic carbocycles. The van der Waals surface area contributed by atoms with Crippen molar-refractivity contribution in [3.63, 3.8) is 0 Å². The molecule has 0 spiro atoms. The second-order valence-corrected chi connectivity index (χ2v) is 5.79. The highest BCUT2D eigenvalue weighted by Gasteiger charge is 2.13. The Bertz CT molecular complexity index is 855. The second kappa shape index (κ2) is 5.46. The van der Waals surface area contributed by atoms with Crippen molar-refractivity contribution in [2.24, 2.45) is 5.73 Å². The lowest BCUT2D eigenvalue weighted by molar-refractivity contribution is 0.622. The number of rotatable bonds is 3. The van der Waals surface area contributed by atoms with E-state index in [0.717, 1.165) is 15.6 Å². The lowest BCUT2D eigenvalue weighted by Crippen LogP contribution is -2.14. The predicted molar refractivity (Wildman–Crippen MR) is 83.7 cm³/mol. The molecule has 21 heavy (non-hydrogen) atoms. The van der Waals surface area contributed by atoms with Crippen molar-refractivity contribution in [3.05, 3.63) is 68.3 Å². The first kappa shape index (κ1) is 14.0. The number of aromatic amines is 2. The van der Waals surface area contributed by atoms with Crippen molar-refractivity contribution >= 4 is 27.0 Å². The maximum atomic E-state index is 13.2. The summed E-state index contributed by atoms with van der Waals surface area (Å²) in [5.74, 6) is -0.274. The van der Waals surface area contributed by atoms with E-state index >= 15 is 0 Å². The molecule has 0 fully saturated rings. The van der Waals surface area contributed by atoms with Gasteiger partial charge in [-0.05, 0) is 41.8 Å². The number of fused-ring (bicyclic) bond motifs is 1. The zero-order valence-electron chi connectivity index (χ0n) is 11.0. The fourth-order valence-corrected chi connectivity index (χ4v) is 3.02. The van der Waals surface area contributed by atoms with Crippen molar-refractivity contribution in [2.45, 2.75) is 12.5 Å². The number of aromatic nitrogens is 2.